The zero-order valence-corrected chi connectivity index (χ0v) is 16.8. The van der Waals surface area contributed by atoms with E-state index in [0.717, 1.165) is 46.1 Å². The van der Waals surface area contributed by atoms with Crippen molar-refractivity contribution < 1.29 is 14.3 Å². The molecule has 0 bridgehead atoms. The lowest BCUT2D eigenvalue weighted by atomic mass is 9.72. The Kier molecular flexibility index (Phi) is 4.23. The average Bonchev–Trinajstić information content (AvgIpc) is 3.20. The first-order valence-corrected chi connectivity index (χ1v) is 10.5. The van der Waals surface area contributed by atoms with Crippen LogP contribution in [0.2, 0.25) is 0 Å². The van der Waals surface area contributed by atoms with Crippen LogP contribution in [0.25, 0.3) is 0 Å². The summed E-state index contributed by atoms with van der Waals surface area (Å²) in [5.74, 6) is 1.47. The van der Waals surface area contributed by atoms with Crippen LogP contribution in [-0.4, -0.2) is 23.3 Å². The normalized spacial score (nSPS) is 23.8. The van der Waals surface area contributed by atoms with Gasteiger partial charge in [0.1, 0.15) is 5.78 Å². The van der Waals surface area contributed by atoms with Gasteiger partial charge in [-0.2, -0.15) is 0 Å². The van der Waals surface area contributed by atoms with E-state index in [0.29, 0.717) is 6.42 Å². The van der Waals surface area contributed by atoms with Crippen molar-refractivity contribution in [2.75, 3.05) is 12.1 Å². The molecule has 6 rings (SSSR count). The minimum Gasteiger partial charge on any atom is -0.454 e. The van der Waals surface area contributed by atoms with E-state index in [-0.39, 0.29) is 30.5 Å². The summed E-state index contributed by atoms with van der Waals surface area (Å²) in [6.45, 7) is 0.243. The maximum atomic E-state index is 13.5. The molecule has 3 atom stereocenters. The van der Waals surface area contributed by atoms with Gasteiger partial charge in [-0.05, 0) is 59.9 Å². The molecule has 31 heavy (non-hydrogen) atoms. The van der Waals surface area contributed by atoms with Gasteiger partial charge in [0.25, 0.3) is 0 Å². The van der Waals surface area contributed by atoms with Crippen LogP contribution < -0.4 is 14.8 Å². The summed E-state index contributed by atoms with van der Waals surface area (Å²) in [4.78, 5) is 22.7. The van der Waals surface area contributed by atoms with E-state index in [1.807, 2.05) is 54.6 Å². The summed E-state index contributed by atoms with van der Waals surface area (Å²) in [6.07, 6.45) is 4.75. The fraction of sp³-hybridized carbons (Fsp3) is 0.240. The van der Waals surface area contributed by atoms with Crippen molar-refractivity contribution >= 4 is 22.9 Å². The first-order chi connectivity index (χ1) is 15.3. The molecule has 2 aliphatic heterocycles. The van der Waals surface area contributed by atoms with E-state index in [1.165, 1.54) is 0 Å². The SMILES string of the molecule is O=C1CC(c2ccc3c(c2)OCO3)CC2=Nc3ccccc3NC(c3ccncc3)C12. The fourth-order valence-electron chi connectivity index (χ4n) is 4.85. The van der Waals surface area contributed by atoms with Crippen LogP contribution in [0.3, 0.4) is 0 Å². The van der Waals surface area contributed by atoms with Gasteiger partial charge in [-0.15, -0.1) is 0 Å². The molecule has 0 amide bonds. The molecule has 0 radical (unpaired) electrons. The molecule has 3 aliphatic rings. The van der Waals surface area contributed by atoms with E-state index in [1.54, 1.807) is 12.4 Å². The number of nitrogens with one attached hydrogen (secondary N) is 1. The number of benzene rings is 2. The van der Waals surface area contributed by atoms with Crippen LogP contribution in [0.4, 0.5) is 11.4 Å². The Morgan fingerprint density at radius 2 is 1.74 bits per heavy atom. The number of carbonyl (C=O) groups excluding carboxylic acids is 1. The summed E-state index contributed by atoms with van der Waals surface area (Å²) in [5, 5.41) is 3.59. The van der Waals surface area contributed by atoms with E-state index >= 15 is 0 Å². The van der Waals surface area contributed by atoms with E-state index in [9.17, 15) is 4.79 Å². The van der Waals surface area contributed by atoms with Crippen molar-refractivity contribution in [3.63, 3.8) is 0 Å². The monoisotopic (exact) mass is 411 g/mol. The Morgan fingerprint density at radius 3 is 2.65 bits per heavy atom. The third kappa shape index (κ3) is 3.15. The summed E-state index contributed by atoms with van der Waals surface area (Å²) in [6, 6.07) is 17.7. The zero-order chi connectivity index (χ0) is 20.8. The number of Topliss-reactive ketones (excluding diaryl/α,β-unsaturated/α-hetero) is 1. The summed E-state index contributed by atoms with van der Waals surface area (Å²) in [5.41, 5.74) is 4.87. The van der Waals surface area contributed by atoms with Gasteiger partial charge in [-0.1, -0.05) is 18.2 Å². The van der Waals surface area contributed by atoms with Gasteiger partial charge in [0.15, 0.2) is 11.5 Å². The molecule has 0 saturated heterocycles. The first-order valence-electron chi connectivity index (χ1n) is 10.5. The van der Waals surface area contributed by atoms with Crippen molar-refractivity contribution in [3.05, 3.63) is 78.1 Å². The number of fused-ring (bicyclic) bond motifs is 3. The molecule has 6 nitrogen and oxygen atoms in total. The van der Waals surface area contributed by atoms with Crippen molar-refractivity contribution in [1.29, 1.82) is 0 Å². The molecule has 1 N–H and O–H groups in total. The summed E-state index contributed by atoms with van der Waals surface area (Å²) >= 11 is 0. The molecular weight excluding hydrogens is 390 g/mol. The number of carbonyl (C=O) groups is 1. The van der Waals surface area contributed by atoms with Crippen molar-refractivity contribution in [1.82, 2.24) is 4.98 Å². The third-order valence-corrected chi connectivity index (χ3v) is 6.35. The number of hydrogen-bond donors (Lipinski definition) is 1. The smallest absolute Gasteiger partial charge is 0.231 e. The number of para-hydroxylation sites is 2. The first kappa shape index (κ1) is 18.1. The minimum absolute atomic E-state index is 0.0698. The molecule has 6 heteroatoms. The molecule has 1 aromatic heterocycles. The molecule has 3 unspecified atom stereocenters. The number of anilines is 1. The Labute approximate surface area is 180 Å². The number of hydrogen-bond acceptors (Lipinski definition) is 6. The Morgan fingerprint density at radius 1 is 0.903 bits per heavy atom. The molecule has 1 fully saturated rings. The second-order valence-corrected chi connectivity index (χ2v) is 8.18. The Bertz CT molecular complexity index is 1190. The molecule has 154 valence electrons. The molecule has 3 aromatic rings. The van der Waals surface area contributed by atoms with Gasteiger partial charge < -0.3 is 14.8 Å². The maximum Gasteiger partial charge on any atom is 0.231 e. The minimum atomic E-state index is -0.305. The average molecular weight is 411 g/mol. The molecule has 3 heterocycles. The van der Waals surface area contributed by atoms with E-state index in [2.05, 4.69) is 10.3 Å². The Hall–Kier alpha value is -3.67. The number of ketones is 1. The predicted octanol–water partition coefficient (Wildman–Crippen LogP) is 4.81. The highest BCUT2D eigenvalue weighted by Crippen LogP contribution is 2.45. The highest BCUT2D eigenvalue weighted by Gasteiger charge is 2.41. The second-order valence-electron chi connectivity index (χ2n) is 8.18. The largest absolute Gasteiger partial charge is 0.454 e. The fourth-order valence-corrected chi connectivity index (χ4v) is 4.85. The summed E-state index contributed by atoms with van der Waals surface area (Å²) < 4.78 is 11.0. The highest BCUT2D eigenvalue weighted by molar-refractivity contribution is 6.10. The lowest BCUT2D eigenvalue weighted by Gasteiger charge is -2.34. The number of pyridine rings is 1. The second kappa shape index (κ2) is 7.23. The van der Waals surface area contributed by atoms with Gasteiger partial charge in [-0.3, -0.25) is 14.8 Å². The van der Waals surface area contributed by atoms with Gasteiger partial charge in [0, 0.05) is 24.5 Å². The van der Waals surface area contributed by atoms with Crippen molar-refractivity contribution in [2.24, 2.45) is 10.9 Å². The molecule has 1 saturated carbocycles. The summed E-state index contributed by atoms with van der Waals surface area (Å²) in [7, 11) is 0. The number of nitrogens with zero attached hydrogens (tertiary/aromatic N) is 2. The Balaban J connectivity index is 1.41. The van der Waals surface area contributed by atoms with Crippen LogP contribution >= 0.6 is 0 Å². The molecule has 1 aliphatic carbocycles. The number of ether oxygens (including phenoxy) is 2. The van der Waals surface area contributed by atoms with Crippen molar-refractivity contribution in [3.8, 4) is 11.5 Å². The standard InChI is InChI=1S/C25H21N3O3/c29-21-12-17(16-5-6-22-23(13-16)31-14-30-22)11-20-24(21)25(15-7-9-26-10-8-15)28-19-4-2-1-3-18(19)27-20/h1-10,13,17,24-25,28H,11-12,14H2. The van der Waals surface area contributed by atoms with Crippen LogP contribution in [0, 0.1) is 5.92 Å². The number of rotatable bonds is 2. The molecule has 0 spiro atoms. The maximum absolute atomic E-state index is 13.5. The van der Waals surface area contributed by atoms with E-state index < -0.39 is 0 Å². The highest BCUT2D eigenvalue weighted by atomic mass is 16.7. The van der Waals surface area contributed by atoms with Crippen molar-refractivity contribution in [2.45, 2.75) is 24.8 Å². The van der Waals surface area contributed by atoms with Crippen LogP contribution in [0.15, 0.2) is 72.0 Å². The van der Waals surface area contributed by atoms with Crippen LogP contribution in [0.5, 0.6) is 11.5 Å². The zero-order valence-electron chi connectivity index (χ0n) is 16.8. The van der Waals surface area contributed by atoms with Gasteiger partial charge in [0.2, 0.25) is 6.79 Å². The lowest BCUT2D eigenvalue weighted by molar-refractivity contribution is -0.122. The number of aromatic nitrogens is 1. The van der Waals surface area contributed by atoms with Gasteiger partial charge in [-0.25, -0.2) is 0 Å². The topological polar surface area (TPSA) is 72.8 Å². The van der Waals surface area contributed by atoms with Gasteiger partial charge in [0.05, 0.1) is 23.3 Å². The molecular formula is C25H21N3O3. The third-order valence-electron chi connectivity index (χ3n) is 6.35. The van der Waals surface area contributed by atoms with Crippen LogP contribution in [-0.2, 0) is 4.79 Å². The van der Waals surface area contributed by atoms with Crippen LogP contribution in [0.1, 0.15) is 35.9 Å². The quantitative estimate of drug-likeness (QED) is 0.655. The predicted molar refractivity (Wildman–Crippen MR) is 117 cm³/mol. The lowest BCUT2D eigenvalue weighted by Crippen LogP contribution is -2.38. The number of aliphatic imine (C=N–C) groups is 1. The van der Waals surface area contributed by atoms with Gasteiger partial charge >= 0.3 is 0 Å². The van der Waals surface area contributed by atoms with E-state index in [4.69, 9.17) is 14.5 Å². The molecule has 2 aromatic carbocycles.